The fraction of sp³-hybridized carbons (Fsp3) is 0.176. The van der Waals surface area contributed by atoms with Crippen molar-refractivity contribution in [1.29, 1.82) is 0 Å². The van der Waals surface area contributed by atoms with Gasteiger partial charge in [-0.05, 0) is 35.4 Å². The zero-order valence-electron chi connectivity index (χ0n) is 23.4. The molecule has 1 aromatic heterocycles. The number of carbonyl (C=O) groups excluding carboxylic acids is 1. The van der Waals surface area contributed by atoms with Gasteiger partial charge in [-0.2, -0.15) is 5.10 Å². The van der Waals surface area contributed by atoms with Crippen molar-refractivity contribution in [3.05, 3.63) is 124 Å². The van der Waals surface area contributed by atoms with Gasteiger partial charge in [0.15, 0.2) is 11.5 Å². The summed E-state index contributed by atoms with van der Waals surface area (Å²) in [6.45, 7) is 0.764. The zero-order chi connectivity index (χ0) is 29.1. The predicted molar refractivity (Wildman–Crippen MR) is 173 cm³/mol. The Morgan fingerprint density at radius 3 is 2.45 bits per heavy atom. The van der Waals surface area contributed by atoms with Crippen LogP contribution in [0.1, 0.15) is 29.2 Å². The summed E-state index contributed by atoms with van der Waals surface area (Å²) in [7, 11) is 3.24. The molecule has 1 amide bonds. The van der Waals surface area contributed by atoms with E-state index >= 15 is 0 Å². The predicted octanol–water partition coefficient (Wildman–Crippen LogP) is 7.94. The number of carbonyl (C=O) groups is 1. The van der Waals surface area contributed by atoms with Gasteiger partial charge in [-0.15, -0.1) is 11.8 Å². The minimum absolute atomic E-state index is 0.0677. The highest BCUT2D eigenvalue weighted by atomic mass is 79.9. The molecule has 0 unspecified atom stereocenters. The number of fused-ring (bicyclic) bond motifs is 1. The minimum atomic E-state index is -0.318. The smallest absolute Gasteiger partial charge is 0.253 e. The summed E-state index contributed by atoms with van der Waals surface area (Å²) < 4.78 is 14.6. The molecule has 0 saturated heterocycles. The first kappa shape index (κ1) is 28.1. The Kier molecular flexibility index (Phi) is 8.35. The van der Waals surface area contributed by atoms with Crippen LogP contribution in [0.5, 0.6) is 11.5 Å². The lowest BCUT2D eigenvalue weighted by Gasteiger charge is -2.24. The van der Waals surface area contributed by atoms with Gasteiger partial charge in [0.2, 0.25) is 0 Å². The van der Waals surface area contributed by atoms with Crippen molar-refractivity contribution in [3.8, 4) is 11.5 Å². The number of hydrogen-bond acceptors (Lipinski definition) is 5. The molecule has 0 spiro atoms. The van der Waals surface area contributed by atoms with Gasteiger partial charge in [-0.3, -0.25) is 4.79 Å². The Labute approximate surface area is 258 Å². The minimum Gasteiger partial charge on any atom is -0.493 e. The third-order valence-electron chi connectivity index (χ3n) is 7.43. The molecular formula is C34H30BrN3O3S. The molecule has 4 aromatic carbocycles. The maximum absolute atomic E-state index is 13.9. The number of thioether (sulfide) groups is 1. The molecule has 0 fully saturated rings. The second-order valence-corrected chi connectivity index (χ2v) is 11.9. The first-order valence-electron chi connectivity index (χ1n) is 13.7. The fourth-order valence-electron chi connectivity index (χ4n) is 5.42. The Morgan fingerprint density at radius 1 is 0.929 bits per heavy atom. The standard InChI is InChI=1S/C34H30BrN3O3S/c1-40-31-14-8-12-27(34(31)41-2)30-19-28(24-15-17-25(35)18-16-24)36-38(30)33(39)22-42-32-21-37(20-23-9-4-3-5-10-23)29-13-7-6-11-26(29)32/h3-18,21,30H,19-20,22H2,1-2H3/t30-/m0/s1. The lowest BCUT2D eigenvalue weighted by Crippen LogP contribution is -2.28. The van der Waals surface area contributed by atoms with E-state index < -0.39 is 0 Å². The number of amides is 1. The molecule has 8 heteroatoms. The van der Waals surface area contributed by atoms with Crippen LogP contribution in [0.2, 0.25) is 0 Å². The van der Waals surface area contributed by atoms with E-state index in [1.165, 1.54) is 5.56 Å². The molecule has 0 bridgehead atoms. The highest BCUT2D eigenvalue weighted by molar-refractivity contribution is 9.10. The molecule has 1 aliphatic heterocycles. The van der Waals surface area contributed by atoms with Gasteiger partial charge in [-0.25, -0.2) is 5.01 Å². The third-order valence-corrected chi connectivity index (χ3v) is 8.99. The molecule has 1 aliphatic rings. The molecule has 0 radical (unpaired) electrons. The number of hydrogen-bond donors (Lipinski definition) is 0. The number of aromatic nitrogens is 1. The van der Waals surface area contributed by atoms with Crippen molar-refractivity contribution in [1.82, 2.24) is 9.58 Å². The Morgan fingerprint density at radius 2 is 1.69 bits per heavy atom. The quantitative estimate of drug-likeness (QED) is 0.154. The number of methoxy groups -OCH3 is 2. The number of para-hydroxylation sites is 2. The lowest BCUT2D eigenvalue weighted by atomic mass is 9.97. The van der Waals surface area contributed by atoms with Crippen LogP contribution < -0.4 is 9.47 Å². The van der Waals surface area contributed by atoms with E-state index in [1.54, 1.807) is 31.0 Å². The summed E-state index contributed by atoms with van der Waals surface area (Å²) in [6, 6.07) is 32.2. The second kappa shape index (κ2) is 12.5. The van der Waals surface area contributed by atoms with Crippen LogP contribution in [-0.4, -0.2) is 41.2 Å². The lowest BCUT2D eigenvalue weighted by molar-refractivity contribution is -0.130. The van der Waals surface area contributed by atoms with Crippen LogP contribution in [-0.2, 0) is 11.3 Å². The topological polar surface area (TPSA) is 56.1 Å². The Hall–Kier alpha value is -4.01. The van der Waals surface area contributed by atoms with Gasteiger partial charge in [0.1, 0.15) is 0 Å². The van der Waals surface area contributed by atoms with Crippen LogP contribution in [0.4, 0.5) is 0 Å². The van der Waals surface area contributed by atoms with Crippen LogP contribution >= 0.6 is 27.7 Å². The van der Waals surface area contributed by atoms with Crippen molar-refractivity contribution in [3.63, 3.8) is 0 Å². The molecule has 0 aliphatic carbocycles. The summed E-state index contributed by atoms with van der Waals surface area (Å²) in [6.07, 6.45) is 2.72. The summed E-state index contributed by atoms with van der Waals surface area (Å²) in [5, 5.41) is 7.65. The maximum atomic E-state index is 13.9. The van der Waals surface area contributed by atoms with E-state index in [4.69, 9.17) is 14.6 Å². The van der Waals surface area contributed by atoms with E-state index in [0.717, 1.165) is 43.7 Å². The number of hydrazone groups is 1. The molecule has 0 saturated carbocycles. The van der Waals surface area contributed by atoms with E-state index in [-0.39, 0.29) is 17.7 Å². The van der Waals surface area contributed by atoms with Crippen molar-refractivity contribution in [2.45, 2.75) is 23.9 Å². The van der Waals surface area contributed by atoms with Crippen LogP contribution in [0.25, 0.3) is 10.9 Å². The maximum Gasteiger partial charge on any atom is 0.253 e. The van der Waals surface area contributed by atoms with E-state index in [0.29, 0.717) is 17.9 Å². The van der Waals surface area contributed by atoms with Crippen LogP contribution in [0, 0.1) is 0 Å². The zero-order valence-corrected chi connectivity index (χ0v) is 25.8. The van der Waals surface area contributed by atoms with Crippen molar-refractivity contribution in [2.24, 2.45) is 5.10 Å². The van der Waals surface area contributed by atoms with Gasteiger partial charge >= 0.3 is 0 Å². The van der Waals surface area contributed by atoms with Crippen molar-refractivity contribution >= 4 is 50.2 Å². The molecule has 212 valence electrons. The first-order chi connectivity index (χ1) is 20.6. The highest BCUT2D eigenvalue weighted by Gasteiger charge is 2.35. The average Bonchev–Trinajstić information content (AvgIpc) is 3.63. The summed E-state index contributed by atoms with van der Waals surface area (Å²) in [5.74, 6) is 1.42. The van der Waals surface area contributed by atoms with Crippen molar-refractivity contribution < 1.29 is 14.3 Å². The van der Waals surface area contributed by atoms with Gasteiger partial charge in [0, 0.05) is 45.0 Å². The summed E-state index contributed by atoms with van der Waals surface area (Å²) in [5.41, 5.74) is 5.08. The molecule has 2 heterocycles. The molecule has 1 atom stereocenters. The second-order valence-electron chi connectivity index (χ2n) is 10.0. The van der Waals surface area contributed by atoms with Crippen LogP contribution in [0.15, 0.2) is 118 Å². The van der Waals surface area contributed by atoms with Crippen LogP contribution in [0.3, 0.4) is 0 Å². The van der Waals surface area contributed by atoms with Crippen molar-refractivity contribution in [2.75, 3.05) is 20.0 Å². The highest BCUT2D eigenvalue weighted by Crippen LogP contribution is 2.42. The molecule has 42 heavy (non-hydrogen) atoms. The van der Waals surface area contributed by atoms with Gasteiger partial charge in [-0.1, -0.05) is 88.7 Å². The number of benzene rings is 4. The van der Waals surface area contributed by atoms with Gasteiger partial charge < -0.3 is 14.0 Å². The van der Waals surface area contributed by atoms with Gasteiger partial charge in [0.25, 0.3) is 5.91 Å². The first-order valence-corrected chi connectivity index (χ1v) is 15.4. The molecule has 6 nitrogen and oxygen atoms in total. The molecule has 6 rings (SSSR count). The summed E-state index contributed by atoms with van der Waals surface area (Å²) >= 11 is 5.06. The van der Waals surface area contributed by atoms with E-state index in [9.17, 15) is 4.79 Å². The average molecular weight is 641 g/mol. The van der Waals surface area contributed by atoms with E-state index in [2.05, 4.69) is 69.2 Å². The largest absolute Gasteiger partial charge is 0.493 e. The normalized spacial score (nSPS) is 14.7. The monoisotopic (exact) mass is 639 g/mol. The Bertz CT molecular complexity index is 1750. The van der Waals surface area contributed by atoms with Gasteiger partial charge in [0.05, 0.1) is 31.7 Å². The Balaban J connectivity index is 1.30. The molecule has 0 N–H and O–H groups in total. The third kappa shape index (κ3) is 5.69. The molecule has 5 aromatic rings. The number of nitrogens with zero attached hydrogens (tertiary/aromatic N) is 3. The molecular weight excluding hydrogens is 610 g/mol. The number of rotatable bonds is 9. The fourth-order valence-corrected chi connectivity index (χ4v) is 6.62. The number of halogens is 1. The van der Waals surface area contributed by atoms with E-state index in [1.807, 2.05) is 54.6 Å². The number of ether oxygens (including phenoxy) is 2. The summed E-state index contributed by atoms with van der Waals surface area (Å²) in [4.78, 5) is 15.0. The SMILES string of the molecule is COc1cccc([C@@H]2CC(c3ccc(Br)cc3)=NN2C(=O)CSc2cn(Cc3ccccc3)c3ccccc23)c1OC.